The molecule has 0 unspecified atom stereocenters. The Kier molecular flexibility index (Phi) is 8.18. The van der Waals surface area contributed by atoms with Gasteiger partial charge in [-0.25, -0.2) is 13.2 Å². The highest BCUT2D eigenvalue weighted by atomic mass is 32.2. The summed E-state index contributed by atoms with van der Waals surface area (Å²) in [6.45, 7) is 2.76. The number of hydrogen-bond acceptors (Lipinski definition) is 5. The molecular weight excluding hydrogens is 470 g/mol. The van der Waals surface area contributed by atoms with Gasteiger partial charge in [0.2, 0.25) is 21.8 Å². The first-order valence-corrected chi connectivity index (χ1v) is 12.0. The number of rotatable bonds is 8. The summed E-state index contributed by atoms with van der Waals surface area (Å²) in [7, 11) is -3.98. The third-order valence-corrected chi connectivity index (χ3v) is 6.19. The van der Waals surface area contributed by atoms with E-state index in [-0.39, 0.29) is 10.8 Å². The minimum atomic E-state index is -3.98. The Morgan fingerprint density at radius 1 is 0.686 bits per heavy atom. The minimum Gasteiger partial charge on any atom is -0.326 e. The second-order valence-electron chi connectivity index (χ2n) is 7.56. The van der Waals surface area contributed by atoms with Crippen molar-refractivity contribution in [1.82, 2.24) is 4.72 Å². The van der Waals surface area contributed by atoms with Crippen LogP contribution in [0.5, 0.6) is 0 Å². The lowest BCUT2D eigenvalue weighted by molar-refractivity contribution is -0.117. The Hall–Kier alpha value is -4.22. The van der Waals surface area contributed by atoms with Crippen molar-refractivity contribution in [2.45, 2.75) is 24.8 Å². The maximum absolute atomic E-state index is 12.6. The first-order chi connectivity index (χ1) is 16.6. The van der Waals surface area contributed by atoms with Gasteiger partial charge in [0.1, 0.15) is 0 Å². The van der Waals surface area contributed by atoms with Gasteiger partial charge in [-0.05, 0) is 61.5 Å². The third kappa shape index (κ3) is 7.66. The van der Waals surface area contributed by atoms with E-state index in [4.69, 9.17) is 0 Å². The van der Waals surface area contributed by atoms with Crippen molar-refractivity contribution in [3.05, 3.63) is 78.9 Å². The van der Waals surface area contributed by atoms with E-state index in [9.17, 15) is 22.8 Å². The molecule has 10 nitrogen and oxygen atoms in total. The second-order valence-corrected chi connectivity index (χ2v) is 9.28. The molecule has 0 aliphatic heterocycles. The number of amides is 4. The minimum absolute atomic E-state index is 0.0538. The first-order valence-electron chi connectivity index (χ1n) is 10.6. The molecule has 1 atom stereocenters. The Labute approximate surface area is 203 Å². The lowest BCUT2D eigenvalue weighted by atomic mass is 10.2. The number of benzene rings is 3. The smallest absolute Gasteiger partial charge is 0.323 e. The molecule has 0 spiro atoms. The van der Waals surface area contributed by atoms with Crippen LogP contribution in [0.25, 0.3) is 0 Å². The van der Waals surface area contributed by atoms with Gasteiger partial charge in [-0.3, -0.25) is 9.59 Å². The lowest BCUT2D eigenvalue weighted by Crippen LogP contribution is -2.41. The SMILES string of the molecule is CC(=O)Nc1ccc(S(=O)(=O)N[C@@H](C)C(=O)Nc2cccc(NC(=O)Nc3ccccc3)c2)cc1. The fourth-order valence-corrected chi connectivity index (χ4v) is 4.22. The maximum atomic E-state index is 12.6. The van der Waals surface area contributed by atoms with Gasteiger partial charge in [-0.2, -0.15) is 4.72 Å². The number of para-hydroxylation sites is 1. The molecule has 0 aliphatic carbocycles. The summed E-state index contributed by atoms with van der Waals surface area (Å²) in [4.78, 5) is 35.8. The molecule has 0 fully saturated rings. The van der Waals surface area contributed by atoms with E-state index in [1.807, 2.05) is 6.07 Å². The molecule has 0 aromatic heterocycles. The topological polar surface area (TPSA) is 146 Å². The van der Waals surface area contributed by atoms with Crippen molar-refractivity contribution < 1.29 is 22.8 Å². The lowest BCUT2D eigenvalue weighted by Gasteiger charge is -2.15. The van der Waals surface area contributed by atoms with Crippen LogP contribution < -0.4 is 26.0 Å². The molecule has 0 saturated carbocycles. The van der Waals surface area contributed by atoms with Crippen LogP contribution in [0.3, 0.4) is 0 Å². The van der Waals surface area contributed by atoms with E-state index in [1.165, 1.54) is 38.1 Å². The van der Waals surface area contributed by atoms with E-state index >= 15 is 0 Å². The molecule has 0 heterocycles. The Morgan fingerprint density at radius 2 is 1.23 bits per heavy atom. The van der Waals surface area contributed by atoms with Gasteiger partial charge < -0.3 is 21.3 Å². The van der Waals surface area contributed by atoms with Gasteiger partial charge in [0.05, 0.1) is 10.9 Å². The Bertz CT molecular complexity index is 1310. The number of hydrogen-bond donors (Lipinski definition) is 5. The summed E-state index contributed by atoms with van der Waals surface area (Å²) < 4.78 is 27.6. The molecule has 11 heteroatoms. The Balaban J connectivity index is 1.58. The van der Waals surface area contributed by atoms with Gasteiger partial charge in [0, 0.05) is 29.7 Å². The number of nitrogens with one attached hydrogen (secondary N) is 5. The zero-order valence-electron chi connectivity index (χ0n) is 19.0. The monoisotopic (exact) mass is 495 g/mol. The number of carbonyl (C=O) groups excluding carboxylic acids is 3. The highest BCUT2D eigenvalue weighted by molar-refractivity contribution is 7.89. The number of sulfonamides is 1. The van der Waals surface area contributed by atoms with Crippen LogP contribution in [0.2, 0.25) is 0 Å². The molecule has 35 heavy (non-hydrogen) atoms. The quantitative estimate of drug-likeness (QED) is 0.324. The van der Waals surface area contributed by atoms with E-state index < -0.39 is 28.0 Å². The normalized spacial score (nSPS) is 11.7. The van der Waals surface area contributed by atoms with Crippen LogP contribution >= 0.6 is 0 Å². The predicted octanol–water partition coefficient (Wildman–Crippen LogP) is 3.59. The number of carbonyl (C=O) groups is 3. The van der Waals surface area contributed by atoms with Crippen LogP contribution in [-0.4, -0.2) is 32.3 Å². The highest BCUT2D eigenvalue weighted by Crippen LogP contribution is 2.17. The van der Waals surface area contributed by atoms with Crippen molar-refractivity contribution in [1.29, 1.82) is 0 Å². The molecule has 182 valence electrons. The van der Waals surface area contributed by atoms with E-state index in [2.05, 4.69) is 26.0 Å². The summed E-state index contributed by atoms with van der Waals surface area (Å²) in [5.41, 5.74) is 1.88. The van der Waals surface area contributed by atoms with E-state index in [0.717, 1.165) is 0 Å². The average molecular weight is 496 g/mol. The fourth-order valence-electron chi connectivity index (χ4n) is 3.02. The van der Waals surface area contributed by atoms with Crippen molar-refractivity contribution in [3.8, 4) is 0 Å². The summed E-state index contributed by atoms with van der Waals surface area (Å²) >= 11 is 0. The van der Waals surface area contributed by atoms with Crippen molar-refractivity contribution in [2.75, 3.05) is 21.3 Å². The van der Waals surface area contributed by atoms with Gasteiger partial charge in [0.25, 0.3) is 0 Å². The van der Waals surface area contributed by atoms with E-state index in [1.54, 1.807) is 48.5 Å². The molecule has 0 radical (unpaired) electrons. The largest absolute Gasteiger partial charge is 0.326 e. The van der Waals surface area contributed by atoms with E-state index in [0.29, 0.717) is 22.7 Å². The number of anilines is 4. The van der Waals surface area contributed by atoms with Crippen molar-refractivity contribution in [2.24, 2.45) is 0 Å². The summed E-state index contributed by atoms with van der Waals surface area (Å²) in [5.74, 6) is -0.866. The van der Waals surface area contributed by atoms with Gasteiger partial charge in [-0.15, -0.1) is 0 Å². The van der Waals surface area contributed by atoms with Crippen LogP contribution in [0.1, 0.15) is 13.8 Å². The molecule has 4 amide bonds. The van der Waals surface area contributed by atoms with Crippen LogP contribution in [-0.2, 0) is 19.6 Å². The summed E-state index contributed by atoms with van der Waals surface area (Å²) in [6.07, 6.45) is 0. The summed E-state index contributed by atoms with van der Waals surface area (Å²) in [5, 5.41) is 10.5. The van der Waals surface area contributed by atoms with Crippen molar-refractivity contribution in [3.63, 3.8) is 0 Å². The molecule has 0 bridgehead atoms. The molecule has 3 aromatic rings. The van der Waals surface area contributed by atoms with Gasteiger partial charge in [0.15, 0.2) is 0 Å². The zero-order chi connectivity index (χ0) is 25.4. The molecule has 3 rings (SSSR count). The van der Waals surface area contributed by atoms with Crippen LogP contribution in [0.15, 0.2) is 83.8 Å². The maximum Gasteiger partial charge on any atom is 0.323 e. The molecule has 0 saturated heterocycles. The fraction of sp³-hybridized carbons (Fsp3) is 0.125. The van der Waals surface area contributed by atoms with Gasteiger partial charge in [-0.1, -0.05) is 24.3 Å². The number of urea groups is 1. The van der Waals surface area contributed by atoms with Gasteiger partial charge >= 0.3 is 6.03 Å². The Morgan fingerprint density at radius 3 is 1.86 bits per heavy atom. The van der Waals surface area contributed by atoms with Crippen molar-refractivity contribution >= 4 is 50.6 Å². The van der Waals surface area contributed by atoms with Crippen LogP contribution in [0, 0.1) is 0 Å². The molecule has 5 N–H and O–H groups in total. The highest BCUT2D eigenvalue weighted by Gasteiger charge is 2.22. The first kappa shape index (κ1) is 25.4. The third-order valence-electron chi connectivity index (χ3n) is 4.63. The van der Waals surface area contributed by atoms with Crippen LogP contribution in [0.4, 0.5) is 27.5 Å². The average Bonchev–Trinajstić information content (AvgIpc) is 2.79. The molecule has 0 aliphatic rings. The second kappa shape index (κ2) is 11.3. The standard InChI is InChI=1S/C24H25N5O5S/c1-16(29-35(33,34)22-13-11-19(12-14-22)25-17(2)30)23(31)26-20-9-6-10-21(15-20)28-24(32)27-18-7-4-3-5-8-18/h3-16,29H,1-2H3,(H,25,30)(H,26,31)(H2,27,28,32)/t16-/m0/s1. The summed E-state index contributed by atoms with van der Waals surface area (Å²) in [6, 6.07) is 19.4. The zero-order valence-corrected chi connectivity index (χ0v) is 19.8. The predicted molar refractivity (Wildman–Crippen MR) is 135 cm³/mol. The molecular formula is C24H25N5O5S. The molecule has 3 aromatic carbocycles.